The molecule has 2 N–H and O–H groups in total. The normalized spacial score (nSPS) is 14.8. The van der Waals surface area contributed by atoms with Gasteiger partial charge in [0.15, 0.2) is 0 Å². The third-order valence-electron chi connectivity index (χ3n) is 5.52. The molecule has 0 saturated heterocycles. The molecule has 0 fully saturated rings. The van der Waals surface area contributed by atoms with E-state index < -0.39 is 0 Å². The number of halogens is 1. The average Bonchev–Trinajstić information content (AvgIpc) is 3.63. The SMILES string of the molecule is CC.CC.Cc1cn(-c2ccc(C=CC3OCCN=C3NCCNc3ccc(F)cc3)c3cnsc23)cn1. The molecule has 0 radical (unpaired) electrons. The van der Waals surface area contributed by atoms with E-state index in [4.69, 9.17) is 4.74 Å². The van der Waals surface area contributed by atoms with Gasteiger partial charge in [-0.25, -0.2) is 9.37 Å². The summed E-state index contributed by atoms with van der Waals surface area (Å²) in [7, 11) is 0. The van der Waals surface area contributed by atoms with Crippen LogP contribution in [0.3, 0.4) is 0 Å². The van der Waals surface area contributed by atoms with Gasteiger partial charge in [-0.05, 0) is 60.4 Å². The number of hydrogen-bond acceptors (Lipinski definition) is 7. The fourth-order valence-corrected chi connectivity index (χ4v) is 4.64. The number of amidine groups is 1. The summed E-state index contributed by atoms with van der Waals surface area (Å²) in [4.78, 5) is 8.96. The highest BCUT2D eigenvalue weighted by atomic mass is 32.1. The summed E-state index contributed by atoms with van der Waals surface area (Å²) < 4.78 is 26.6. The summed E-state index contributed by atoms with van der Waals surface area (Å²) in [6, 6.07) is 10.5. The van der Waals surface area contributed by atoms with E-state index in [1.54, 1.807) is 12.1 Å². The maximum Gasteiger partial charge on any atom is 0.133 e. The molecule has 38 heavy (non-hydrogen) atoms. The zero-order valence-electron chi connectivity index (χ0n) is 22.7. The quantitative estimate of drug-likeness (QED) is 0.264. The molecule has 4 aromatic rings. The monoisotopic (exact) mass is 536 g/mol. The first-order chi connectivity index (χ1) is 18.7. The third-order valence-corrected chi connectivity index (χ3v) is 6.34. The Morgan fingerprint density at radius 3 is 2.58 bits per heavy atom. The van der Waals surface area contributed by atoms with Gasteiger partial charge in [0.25, 0.3) is 0 Å². The van der Waals surface area contributed by atoms with Crippen LogP contribution < -0.4 is 10.6 Å². The molecule has 1 aliphatic rings. The predicted molar refractivity (Wildman–Crippen MR) is 158 cm³/mol. The van der Waals surface area contributed by atoms with Gasteiger partial charge in [0.1, 0.15) is 17.8 Å². The van der Waals surface area contributed by atoms with Gasteiger partial charge in [-0.1, -0.05) is 39.8 Å². The summed E-state index contributed by atoms with van der Waals surface area (Å²) in [6.07, 6.45) is 9.61. The number of rotatable bonds is 7. The lowest BCUT2D eigenvalue weighted by Gasteiger charge is -2.22. The van der Waals surface area contributed by atoms with Crippen LogP contribution in [0.5, 0.6) is 0 Å². The molecule has 2 aromatic heterocycles. The summed E-state index contributed by atoms with van der Waals surface area (Å²) in [6.45, 7) is 12.5. The first-order valence-electron chi connectivity index (χ1n) is 13.1. The van der Waals surface area contributed by atoms with Crippen molar-refractivity contribution in [2.75, 3.05) is 31.6 Å². The second-order valence-electron chi connectivity index (χ2n) is 7.94. The summed E-state index contributed by atoms with van der Waals surface area (Å²) in [5.41, 5.74) is 4.00. The summed E-state index contributed by atoms with van der Waals surface area (Å²) >= 11 is 1.48. The van der Waals surface area contributed by atoms with Crippen molar-refractivity contribution < 1.29 is 9.13 Å². The van der Waals surface area contributed by atoms with Gasteiger partial charge in [-0.2, -0.15) is 4.37 Å². The van der Waals surface area contributed by atoms with E-state index in [9.17, 15) is 4.39 Å². The van der Waals surface area contributed by atoms with Gasteiger partial charge in [0, 0.05) is 36.6 Å². The Bertz CT molecular complexity index is 1330. The average molecular weight is 537 g/mol. The van der Waals surface area contributed by atoms with Crippen LogP contribution in [0.15, 0.2) is 66.2 Å². The molecule has 0 aliphatic carbocycles. The lowest BCUT2D eigenvalue weighted by molar-refractivity contribution is 0.122. The number of nitrogens with one attached hydrogen (secondary N) is 2. The second kappa shape index (κ2) is 15.0. The highest BCUT2D eigenvalue weighted by Gasteiger charge is 2.17. The number of ether oxygens (including phenoxy) is 1. The highest BCUT2D eigenvalue weighted by molar-refractivity contribution is 7.13. The lowest BCUT2D eigenvalue weighted by atomic mass is 10.1. The van der Waals surface area contributed by atoms with Crippen LogP contribution >= 0.6 is 11.5 Å². The zero-order chi connectivity index (χ0) is 27.3. The van der Waals surface area contributed by atoms with Crippen LogP contribution in [0.1, 0.15) is 39.0 Å². The number of nitrogens with zero attached hydrogens (tertiary/aromatic N) is 4. The largest absolute Gasteiger partial charge is 0.383 e. The van der Waals surface area contributed by atoms with Crippen molar-refractivity contribution in [1.29, 1.82) is 0 Å². The van der Waals surface area contributed by atoms with Gasteiger partial charge >= 0.3 is 0 Å². The van der Waals surface area contributed by atoms with Crippen LogP contribution in [-0.2, 0) is 4.74 Å². The number of aliphatic imine (C=N–C) groups is 1. The summed E-state index contributed by atoms with van der Waals surface area (Å²) in [5, 5.41) is 7.73. The Balaban J connectivity index is 0.000000956. The second-order valence-corrected chi connectivity index (χ2v) is 8.74. The van der Waals surface area contributed by atoms with Crippen molar-refractivity contribution >= 4 is 39.2 Å². The molecule has 5 rings (SSSR count). The van der Waals surface area contributed by atoms with E-state index in [1.807, 2.05) is 64.0 Å². The standard InChI is InChI=1S/C25H25FN6OS.2C2H6/c1-17-15-32(16-30-17)22-8-2-18(21-14-31-34-24(21)22)3-9-23-25(29-12-13-33-23)28-11-10-27-20-6-4-19(26)5-7-20;2*1-2/h2-9,14-16,23,27H,10-13H2,1H3,(H,28,29);2*1-2H3. The molecule has 1 aliphatic heterocycles. The molecule has 0 saturated carbocycles. The van der Waals surface area contributed by atoms with E-state index in [0.717, 1.165) is 38.6 Å². The number of imidazole rings is 1. The minimum Gasteiger partial charge on any atom is -0.383 e. The van der Waals surface area contributed by atoms with Crippen molar-refractivity contribution in [3.05, 3.63) is 78.3 Å². The molecule has 1 unspecified atom stereocenters. The smallest absolute Gasteiger partial charge is 0.133 e. The van der Waals surface area contributed by atoms with Crippen molar-refractivity contribution in [3.8, 4) is 5.69 Å². The maximum absolute atomic E-state index is 13.0. The molecule has 9 heteroatoms. The molecule has 1 atom stereocenters. The number of fused-ring (bicyclic) bond motifs is 1. The first kappa shape index (κ1) is 29.0. The van der Waals surface area contributed by atoms with Gasteiger partial charge < -0.3 is 19.9 Å². The molecule has 0 bridgehead atoms. The number of anilines is 1. The van der Waals surface area contributed by atoms with Crippen LogP contribution in [0.2, 0.25) is 0 Å². The van der Waals surface area contributed by atoms with E-state index in [2.05, 4.69) is 43.2 Å². The number of hydrogen-bond donors (Lipinski definition) is 2. The fraction of sp³-hybridized carbons (Fsp3) is 0.345. The van der Waals surface area contributed by atoms with Crippen LogP contribution in [0.4, 0.5) is 10.1 Å². The minimum absolute atomic E-state index is 0.239. The molecule has 0 amide bonds. The Kier molecular flexibility index (Phi) is 11.4. The molecular formula is C29H37FN6OS. The molecule has 202 valence electrons. The van der Waals surface area contributed by atoms with E-state index >= 15 is 0 Å². The minimum atomic E-state index is -0.242. The Hall–Kier alpha value is -3.56. The maximum atomic E-state index is 13.0. The van der Waals surface area contributed by atoms with Gasteiger partial charge in [0.2, 0.25) is 0 Å². The molecule has 7 nitrogen and oxygen atoms in total. The van der Waals surface area contributed by atoms with Crippen molar-refractivity contribution in [3.63, 3.8) is 0 Å². The van der Waals surface area contributed by atoms with Crippen molar-refractivity contribution in [2.24, 2.45) is 4.99 Å². The number of benzene rings is 2. The van der Waals surface area contributed by atoms with Gasteiger partial charge in [-0.15, -0.1) is 0 Å². The van der Waals surface area contributed by atoms with Crippen LogP contribution in [-0.4, -0.2) is 52.1 Å². The molecule has 2 aromatic carbocycles. The molecule has 0 spiro atoms. The van der Waals surface area contributed by atoms with Crippen molar-refractivity contribution in [1.82, 2.24) is 19.2 Å². The van der Waals surface area contributed by atoms with Crippen LogP contribution in [0, 0.1) is 12.7 Å². The highest BCUT2D eigenvalue weighted by Crippen LogP contribution is 2.30. The fourth-order valence-electron chi connectivity index (χ4n) is 3.84. The van der Waals surface area contributed by atoms with Crippen LogP contribution in [0.25, 0.3) is 21.8 Å². The predicted octanol–water partition coefficient (Wildman–Crippen LogP) is 6.49. The van der Waals surface area contributed by atoms with Gasteiger partial charge in [-0.3, -0.25) is 4.99 Å². The molecule has 3 heterocycles. The van der Waals surface area contributed by atoms with Gasteiger partial charge in [0.05, 0.1) is 35.6 Å². The Morgan fingerprint density at radius 2 is 1.84 bits per heavy atom. The number of aromatic nitrogens is 3. The molecular weight excluding hydrogens is 499 g/mol. The third kappa shape index (κ3) is 7.49. The Morgan fingerprint density at radius 1 is 1.08 bits per heavy atom. The topological polar surface area (TPSA) is 76.4 Å². The first-order valence-corrected chi connectivity index (χ1v) is 13.9. The Labute approximate surface area is 228 Å². The van der Waals surface area contributed by atoms with E-state index in [0.29, 0.717) is 26.2 Å². The van der Waals surface area contributed by atoms with Crippen molar-refractivity contribution in [2.45, 2.75) is 40.7 Å². The summed E-state index contributed by atoms with van der Waals surface area (Å²) in [5.74, 6) is 0.572. The lowest BCUT2D eigenvalue weighted by Crippen LogP contribution is -2.41. The zero-order valence-corrected chi connectivity index (χ0v) is 23.6. The van der Waals surface area contributed by atoms with E-state index in [-0.39, 0.29) is 11.9 Å². The number of aryl methyl sites for hydroxylation is 1. The van der Waals surface area contributed by atoms with E-state index in [1.165, 1.54) is 23.7 Å².